The zero-order chi connectivity index (χ0) is 21.2. The second-order valence-electron chi connectivity index (χ2n) is 6.70. The average molecular weight is 415 g/mol. The molecule has 0 saturated heterocycles. The number of hydrogen-bond acceptors (Lipinski definition) is 6. The third-order valence-corrected chi connectivity index (χ3v) is 6.71. The fourth-order valence-electron chi connectivity index (χ4n) is 3.19. The molecule has 0 bridgehead atoms. The summed E-state index contributed by atoms with van der Waals surface area (Å²) in [6.45, 7) is 3.40. The molecule has 0 aliphatic carbocycles. The van der Waals surface area contributed by atoms with E-state index in [1.165, 1.54) is 30.3 Å². The third kappa shape index (κ3) is 3.93. The van der Waals surface area contributed by atoms with Gasteiger partial charge in [0.15, 0.2) is 12.4 Å². The first-order chi connectivity index (χ1) is 13.8. The Balaban J connectivity index is 1.82. The van der Waals surface area contributed by atoms with Crippen LogP contribution in [0.3, 0.4) is 0 Å². The van der Waals surface area contributed by atoms with Gasteiger partial charge in [0.05, 0.1) is 15.4 Å². The summed E-state index contributed by atoms with van der Waals surface area (Å²) in [5.41, 5.74) is 0.0648. The SMILES string of the molecule is CCC(CC)NC(=O)COC(=O)c1ccc2c(c1)S(=O)(=O)c1ccccc1C2=O. The van der Waals surface area contributed by atoms with Crippen molar-refractivity contribution in [2.75, 3.05) is 6.61 Å². The van der Waals surface area contributed by atoms with E-state index in [2.05, 4.69) is 5.32 Å². The molecule has 0 saturated carbocycles. The molecule has 0 unspecified atom stereocenters. The first-order valence-electron chi connectivity index (χ1n) is 9.29. The predicted octanol–water partition coefficient (Wildman–Crippen LogP) is 2.53. The second-order valence-corrected chi connectivity index (χ2v) is 8.58. The van der Waals surface area contributed by atoms with E-state index >= 15 is 0 Å². The van der Waals surface area contributed by atoms with E-state index in [0.29, 0.717) is 0 Å². The molecule has 8 heteroatoms. The van der Waals surface area contributed by atoms with Crippen LogP contribution < -0.4 is 5.32 Å². The van der Waals surface area contributed by atoms with Crippen LogP contribution >= 0.6 is 0 Å². The molecule has 1 aliphatic rings. The van der Waals surface area contributed by atoms with Crippen LogP contribution in [0.2, 0.25) is 0 Å². The Bertz CT molecular complexity index is 1090. The highest BCUT2D eigenvalue weighted by Crippen LogP contribution is 2.34. The number of ether oxygens (including phenoxy) is 1. The van der Waals surface area contributed by atoms with Crippen molar-refractivity contribution in [1.82, 2.24) is 5.32 Å². The van der Waals surface area contributed by atoms with Gasteiger partial charge >= 0.3 is 5.97 Å². The van der Waals surface area contributed by atoms with Gasteiger partial charge in [-0.15, -0.1) is 0 Å². The van der Waals surface area contributed by atoms with E-state index in [1.54, 1.807) is 6.07 Å². The van der Waals surface area contributed by atoms with E-state index in [9.17, 15) is 22.8 Å². The molecule has 29 heavy (non-hydrogen) atoms. The summed E-state index contributed by atoms with van der Waals surface area (Å²) in [6.07, 6.45) is 1.52. The number of ketones is 1. The maximum Gasteiger partial charge on any atom is 0.338 e. The minimum absolute atomic E-state index is 0.00108. The molecular formula is C21H21NO6S. The molecule has 2 aromatic rings. The molecule has 152 valence electrons. The summed E-state index contributed by atoms with van der Waals surface area (Å²) in [4.78, 5) is 36.5. The molecule has 7 nitrogen and oxygen atoms in total. The lowest BCUT2D eigenvalue weighted by molar-refractivity contribution is -0.125. The molecular weight excluding hydrogens is 394 g/mol. The van der Waals surface area contributed by atoms with Gasteiger partial charge in [-0.2, -0.15) is 0 Å². The Morgan fingerprint density at radius 2 is 1.66 bits per heavy atom. The third-order valence-electron chi connectivity index (χ3n) is 4.86. The summed E-state index contributed by atoms with van der Waals surface area (Å²) in [5.74, 6) is -1.69. The minimum atomic E-state index is -3.95. The summed E-state index contributed by atoms with van der Waals surface area (Å²) < 4.78 is 30.8. The predicted molar refractivity (Wildman–Crippen MR) is 105 cm³/mol. The van der Waals surface area contributed by atoms with Crippen molar-refractivity contribution < 1.29 is 27.5 Å². The van der Waals surface area contributed by atoms with Crippen molar-refractivity contribution in [3.8, 4) is 0 Å². The van der Waals surface area contributed by atoms with Gasteiger partial charge in [0, 0.05) is 17.2 Å². The van der Waals surface area contributed by atoms with Gasteiger partial charge in [-0.3, -0.25) is 9.59 Å². The number of esters is 1. The second kappa shape index (κ2) is 8.16. The van der Waals surface area contributed by atoms with E-state index in [0.717, 1.165) is 18.9 Å². The van der Waals surface area contributed by atoms with Crippen LogP contribution in [0.1, 0.15) is 53.0 Å². The lowest BCUT2D eigenvalue weighted by atomic mass is 10.0. The lowest BCUT2D eigenvalue weighted by Gasteiger charge is -2.19. The van der Waals surface area contributed by atoms with Crippen LogP contribution in [0, 0.1) is 0 Å². The average Bonchev–Trinajstić information content (AvgIpc) is 2.74. The highest BCUT2D eigenvalue weighted by atomic mass is 32.2. The van der Waals surface area contributed by atoms with Crippen LogP contribution in [-0.4, -0.2) is 38.7 Å². The standard InChI is InChI=1S/C21H21NO6S/c1-3-14(4-2)22-19(23)12-28-21(25)13-9-10-16-18(11-13)29(26,27)17-8-6-5-7-15(17)20(16)24/h5-11,14H,3-4,12H2,1-2H3,(H,22,23). The van der Waals surface area contributed by atoms with E-state index < -0.39 is 34.1 Å². The van der Waals surface area contributed by atoms with Gasteiger partial charge < -0.3 is 10.1 Å². The zero-order valence-corrected chi connectivity index (χ0v) is 16.9. The van der Waals surface area contributed by atoms with Crippen LogP contribution in [0.4, 0.5) is 0 Å². The maximum absolute atomic E-state index is 12.9. The Kier molecular flexibility index (Phi) is 5.83. The topological polar surface area (TPSA) is 107 Å². The fraction of sp³-hybridized carbons (Fsp3) is 0.286. The number of nitrogens with one attached hydrogen (secondary N) is 1. The van der Waals surface area contributed by atoms with E-state index in [-0.39, 0.29) is 32.5 Å². The van der Waals surface area contributed by atoms with Crippen molar-refractivity contribution in [1.29, 1.82) is 0 Å². The van der Waals surface area contributed by atoms with Crippen molar-refractivity contribution >= 4 is 27.5 Å². The Morgan fingerprint density at radius 3 is 2.34 bits per heavy atom. The normalized spacial score (nSPS) is 14.1. The summed E-state index contributed by atoms with van der Waals surface area (Å²) >= 11 is 0. The molecule has 1 amide bonds. The van der Waals surface area contributed by atoms with Gasteiger partial charge in [0.2, 0.25) is 9.84 Å². The first-order valence-corrected chi connectivity index (χ1v) is 10.8. The number of amides is 1. The van der Waals surface area contributed by atoms with Crippen LogP contribution in [0.15, 0.2) is 52.3 Å². The number of rotatable bonds is 6. The molecule has 2 aromatic carbocycles. The molecule has 1 aliphatic heterocycles. The number of sulfone groups is 1. The molecule has 0 aromatic heterocycles. The number of hydrogen-bond donors (Lipinski definition) is 1. The molecule has 0 atom stereocenters. The lowest BCUT2D eigenvalue weighted by Crippen LogP contribution is -2.36. The molecule has 1 heterocycles. The highest BCUT2D eigenvalue weighted by molar-refractivity contribution is 7.91. The van der Waals surface area contributed by atoms with E-state index in [1.807, 2.05) is 13.8 Å². The number of fused-ring (bicyclic) bond motifs is 2. The summed E-state index contributed by atoms with van der Waals surface area (Å²) in [6, 6.07) is 9.69. The van der Waals surface area contributed by atoms with Gasteiger partial charge in [-0.05, 0) is 43.2 Å². The summed E-state index contributed by atoms with van der Waals surface area (Å²) in [7, 11) is -3.95. The fourth-order valence-corrected chi connectivity index (χ4v) is 4.87. The Morgan fingerprint density at radius 1 is 1.00 bits per heavy atom. The minimum Gasteiger partial charge on any atom is -0.452 e. The number of carbonyl (C=O) groups excluding carboxylic acids is 3. The smallest absolute Gasteiger partial charge is 0.338 e. The molecule has 0 radical (unpaired) electrons. The largest absolute Gasteiger partial charge is 0.452 e. The highest BCUT2D eigenvalue weighted by Gasteiger charge is 2.35. The van der Waals surface area contributed by atoms with Crippen molar-refractivity contribution in [2.24, 2.45) is 0 Å². The maximum atomic E-state index is 12.9. The Hall–Kier alpha value is -3.00. The quantitative estimate of drug-likeness (QED) is 0.620. The monoisotopic (exact) mass is 415 g/mol. The van der Waals surface area contributed by atoms with Gasteiger partial charge in [-0.25, -0.2) is 13.2 Å². The van der Waals surface area contributed by atoms with Gasteiger partial charge in [0.1, 0.15) is 0 Å². The number of carbonyl (C=O) groups is 3. The van der Waals surface area contributed by atoms with Crippen molar-refractivity contribution in [2.45, 2.75) is 42.5 Å². The zero-order valence-electron chi connectivity index (χ0n) is 16.1. The first kappa shape index (κ1) is 20.7. The number of benzene rings is 2. The Labute approximate surface area is 169 Å². The molecule has 1 N–H and O–H groups in total. The van der Waals surface area contributed by atoms with Crippen LogP contribution in [0.25, 0.3) is 0 Å². The van der Waals surface area contributed by atoms with Gasteiger partial charge in [0.25, 0.3) is 5.91 Å². The molecule has 3 rings (SSSR count). The molecule has 0 fully saturated rings. The van der Waals surface area contributed by atoms with Crippen molar-refractivity contribution in [3.05, 3.63) is 59.2 Å². The summed E-state index contributed by atoms with van der Waals surface area (Å²) in [5, 5.41) is 2.75. The van der Waals surface area contributed by atoms with Crippen molar-refractivity contribution in [3.63, 3.8) is 0 Å². The molecule has 0 spiro atoms. The van der Waals surface area contributed by atoms with Crippen LogP contribution in [0.5, 0.6) is 0 Å². The van der Waals surface area contributed by atoms with Gasteiger partial charge in [-0.1, -0.05) is 26.0 Å². The van der Waals surface area contributed by atoms with E-state index in [4.69, 9.17) is 4.74 Å². The van der Waals surface area contributed by atoms with Crippen LogP contribution in [-0.2, 0) is 19.4 Å².